The van der Waals surface area contributed by atoms with E-state index in [0.717, 1.165) is 44.6 Å². The van der Waals surface area contributed by atoms with E-state index in [4.69, 9.17) is 9.72 Å². The Kier molecular flexibility index (Phi) is 7.10. The fourth-order valence-electron chi connectivity index (χ4n) is 3.05. The minimum Gasteiger partial charge on any atom is -0.495 e. The van der Waals surface area contributed by atoms with Gasteiger partial charge in [-0.2, -0.15) is 0 Å². The van der Waals surface area contributed by atoms with Crippen LogP contribution < -0.4 is 10.1 Å². The van der Waals surface area contributed by atoms with Gasteiger partial charge in [0.1, 0.15) is 10.8 Å². The Hall–Kier alpha value is -1.75. The van der Waals surface area contributed by atoms with Crippen LogP contribution in [-0.4, -0.2) is 18.0 Å². The van der Waals surface area contributed by atoms with Crippen LogP contribution in [0.3, 0.4) is 0 Å². The van der Waals surface area contributed by atoms with Gasteiger partial charge in [0.05, 0.1) is 27.5 Å². The molecule has 0 radical (unpaired) electrons. The number of methoxy groups -OCH3 is 1. The molecule has 1 amide bonds. The molecule has 4 aromatic rings. The molecule has 31 heavy (non-hydrogen) atoms. The van der Waals surface area contributed by atoms with Gasteiger partial charge < -0.3 is 10.1 Å². The van der Waals surface area contributed by atoms with Gasteiger partial charge in [0.2, 0.25) is 5.91 Å². The van der Waals surface area contributed by atoms with Gasteiger partial charge in [0.25, 0.3) is 0 Å². The van der Waals surface area contributed by atoms with E-state index in [-0.39, 0.29) is 5.91 Å². The van der Waals surface area contributed by atoms with Crippen LogP contribution in [-0.2, 0) is 4.79 Å². The van der Waals surface area contributed by atoms with Crippen LogP contribution in [0.25, 0.3) is 26.9 Å². The first-order chi connectivity index (χ1) is 14.9. The summed E-state index contributed by atoms with van der Waals surface area (Å²) in [5, 5.41) is 3.86. The number of halogens is 3. The molecule has 0 fully saturated rings. The van der Waals surface area contributed by atoms with Crippen molar-refractivity contribution in [3.8, 4) is 16.3 Å². The van der Waals surface area contributed by atoms with Crippen molar-refractivity contribution in [1.82, 2.24) is 4.98 Å². The normalized spacial score (nSPS) is 11.2. The maximum absolute atomic E-state index is 12.7. The number of fused-ring (bicyclic) bond motifs is 1. The molecule has 1 heterocycles. The zero-order valence-electron chi connectivity index (χ0n) is 16.2. The lowest BCUT2D eigenvalue weighted by Gasteiger charge is -2.10. The Labute approximate surface area is 214 Å². The molecule has 8 heteroatoms. The van der Waals surface area contributed by atoms with Crippen LogP contribution in [0.5, 0.6) is 5.75 Å². The Bertz CT molecular complexity index is 1290. The highest BCUT2D eigenvalue weighted by Crippen LogP contribution is 2.36. The SMILES string of the molecule is COc1c(Br)cc(Br)cc1C=CC(=O)Nc1ccc(I)cc1-c1nc2ccccc2s1. The van der Waals surface area contributed by atoms with Gasteiger partial charge in [-0.05, 0) is 87.1 Å². The minimum absolute atomic E-state index is 0.235. The number of amides is 1. The largest absolute Gasteiger partial charge is 0.495 e. The molecular weight excluding hydrogens is 655 g/mol. The molecule has 0 unspecified atom stereocenters. The molecule has 1 N–H and O–H groups in total. The van der Waals surface area contributed by atoms with Crippen molar-refractivity contribution in [3.05, 3.63) is 78.8 Å². The smallest absolute Gasteiger partial charge is 0.248 e. The van der Waals surface area contributed by atoms with Crippen molar-refractivity contribution in [2.45, 2.75) is 0 Å². The molecule has 0 bridgehead atoms. The number of rotatable bonds is 5. The van der Waals surface area contributed by atoms with Crippen LogP contribution in [0.2, 0.25) is 0 Å². The lowest BCUT2D eigenvalue weighted by atomic mass is 10.1. The molecule has 156 valence electrons. The van der Waals surface area contributed by atoms with Crippen molar-refractivity contribution >= 4 is 93.7 Å². The van der Waals surface area contributed by atoms with Crippen LogP contribution >= 0.6 is 65.8 Å². The summed E-state index contributed by atoms with van der Waals surface area (Å²) in [5.41, 5.74) is 3.35. The number of nitrogens with zero attached hydrogens (tertiary/aromatic N) is 1. The molecule has 0 atom stereocenters. The van der Waals surface area contributed by atoms with Crippen LogP contribution in [0, 0.1) is 3.57 Å². The molecule has 0 aliphatic carbocycles. The highest BCUT2D eigenvalue weighted by atomic mass is 127. The minimum atomic E-state index is -0.235. The topological polar surface area (TPSA) is 51.2 Å². The van der Waals surface area contributed by atoms with E-state index in [1.54, 1.807) is 24.5 Å². The quantitative estimate of drug-likeness (QED) is 0.175. The van der Waals surface area contributed by atoms with Gasteiger partial charge in [0.15, 0.2) is 0 Å². The molecule has 3 aromatic carbocycles. The monoisotopic (exact) mass is 668 g/mol. The fourth-order valence-corrected chi connectivity index (χ4v) is 5.96. The van der Waals surface area contributed by atoms with Crippen molar-refractivity contribution in [1.29, 1.82) is 0 Å². The van der Waals surface area contributed by atoms with Gasteiger partial charge in [-0.25, -0.2) is 4.98 Å². The Morgan fingerprint density at radius 3 is 2.74 bits per heavy atom. The number of hydrogen-bond donors (Lipinski definition) is 1. The Balaban J connectivity index is 1.63. The average Bonchev–Trinajstić information content (AvgIpc) is 3.17. The van der Waals surface area contributed by atoms with Crippen molar-refractivity contribution in [3.63, 3.8) is 0 Å². The maximum atomic E-state index is 12.7. The second kappa shape index (κ2) is 9.81. The number of benzene rings is 3. The number of anilines is 1. The lowest BCUT2D eigenvalue weighted by molar-refractivity contribution is -0.111. The standard InChI is InChI=1S/C23H15Br2IN2O2S/c1-30-22-13(10-14(24)11-17(22)25)6-9-21(29)27-18-8-7-15(26)12-16(18)23-28-19-4-2-3-5-20(19)31-23/h2-12H,1H3,(H,27,29). The van der Waals surface area contributed by atoms with E-state index in [1.807, 2.05) is 48.5 Å². The zero-order chi connectivity index (χ0) is 22.0. The number of hydrogen-bond acceptors (Lipinski definition) is 4. The summed E-state index contributed by atoms with van der Waals surface area (Å²) in [7, 11) is 1.60. The molecular formula is C23H15Br2IN2O2S. The number of carbonyl (C=O) groups is 1. The summed E-state index contributed by atoms with van der Waals surface area (Å²) in [4.78, 5) is 17.5. The molecule has 0 spiro atoms. The third kappa shape index (κ3) is 5.19. The van der Waals surface area contributed by atoms with Gasteiger partial charge in [-0.15, -0.1) is 11.3 Å². The first kappa shape index (κ1) is 22.4. The number of ether oxygens (including phenoxy) is 1. The number of nitrogens with one attached hydrogen (secondary N) is 1. The highest BCUT2D eigenvalue weighted by molar-refractivity contribution is 14.1. The maximum Gasteiger partial charge on any atom is 0.248 e. The first-order valence-electron chi connectivity index (χ1n) is 9.12. The molecule has 0 saturated carbocycles. The second-order valence-electron chi connectivity index (χ2n) is 6.51. The Morgan fingerprint density at radius 1 is 1.16 bits per heavy atom. The van der Waals surface area contributed by atoms with Gasteiger partial charge in [-0.3, -0.25) is 4.79 Å². The summed E-state index contributed by atoms with van der Waals surface area (Å²) < 4.78 is 9.32. The summed E-state index contributed by atoms with van der Waals surface area (Å²) in [6, 6.07) is 17.7. The summed E-state index contributed by atoms with van der Waals surface area (Å²) in [5.74, 6) is 0.429. The van der Waals surface area contributed by atoms with Crippen molar-refractivity contribution in [2.75, 3.05) is 12.4 Å². The molecule has 0 saturated heterocycles. The van der Waals surface area contributed by atoms with Gasteiger partial charge in [-0.1, -0.05) is 28.1 Å². The summed E-state index contributed by atoms with van der Waals surface area (Å²) >= 11 is 10.8. The third-order valence-electron chi connectivity index (χ3n) is 4.42. The van der Waals surface area contributed by atoms with E-state index >= 15 is 0 Å². The van der Waals surface area contributed by atoms with E-state index in [1.165, 1.54) is 6.08 Å². The number of carbonyl (C=O) groups excluding carboxylic acids is 1. The van der Waals surface area contributed by atoms with Crippen molar-refractivity contribution < 1.29 is 9.53 Å². The molecule has 0 aliphatic rings. The predicted molar refractivity (Wildman–Crippen MR) is 144 cm³/mol. The lowest BCUT2D eigenvalue weighted by Crippen LogP contribution is -2.09. The summed E-state index contributed by atoms with van der Waals surface area (Å²) in [6.45, 7) is 0. The molecule has 4 nitrogen and oxygen atoms in total. The zero-order valence-corrected chi connectivity index (χ0v) is 22.3. The number of para-hydroxylation sites is 1. The van der Waals surface area contributed by atoms with Crippen LogP contribution in [0.4, 0.5) is 5.69 Å². The number of aromatic nitrogens is 1. The molecule has 0 aliphatic heterocycles. The molecule has 1 aromatic heterocycles. The second-order valence-corrected chi connectivity index (χ2v) is 10.6. The average molecular weight is 670 g/mol. The van der Waals surface area contributed by atoms with E-state index in [9.17, 15) is 4.79 Å². The predicted octanol–water partition coefficient (Wildman–Crippen LogP) is 7.75. The van der Waals surface area contributed by atoms with Crippen molar-refractivity contribution in [2.24, 2.45) is 0 Å². The van der Waals surface area contributed by atoms with Crippen LogP contribution in [0.15, 0.2) is 69.6 Å². The summed E-state index contributed by atoms with van der Waals surface area (Å²) in [6.07, 6.45) is 3.23. The fraction of sp³-hybridized carbons (Fsp3) is 0.0435. The molecule has 4 rings (SSSR count). The third-order valence-corrected chi connectivity index (χ3v) is 7.21. The number of thiazole rings is 1. The van der Waals surface area contributed by atoms with Gasteiger partial charge in [0, 0.05) is 25.2 Å². The van der Waals surface area contributed by atoms with E-state index in [0.29, 0.717) is 5.75 Å². The Morgan fingerprint density at radius 2 is 1.97 bits per heavy atom. The van der Waals surface area contributed by atoms with E-state index in [2.05, 4.69) is 65.8 Å². The van der Waals surface area contributed by atoms with Crippen LogP contribution in [0.1, 0.15) is 5.56 Å². The van der Waals surface area contributed by atoms with Gasteiger partial charge >= 0.3 is 0 Å². The van der Waals surface area contributed by atoms with E-state index < -0.39 is 0 Å². The first-order valence-corrected chi connectivity index (χ1v) is 12.6. The highest BCUT2D eigenvalue weighted by Gasteiger charge is 2.13.